The number of hydrogen-bond donors (Lipinski definition) is 4. The molecule has 0 spiro atoms. The Morgan fingerprint density at radius 2 is 2.00 bits per heavy atom. The van der Waals surface area contributed by atoms with E-state index in [4.69, 9.17) is 15.5 Å². The lowest BCUT2D eigenvalue weighted by Crippen LogP contribution is -2.33. The van der Waals surface area contributed by atoms with Gasteiger partial charge in [-0.25, -0.2) is 0 Å². The molecule has 4 N–H and O–H groups in total. The first-order chi connectivity index (χ1) is 7.88. The molecular weight excluding hydrogens is 230 g/mol. The number of nitrogens with zero attached hydrogens (tertiary/aromatic N) is 1. The largest absolute Gasteiger partial charge is 0.480 e. The Kier molecular flexibility index (Phi) is 5.81. The second kappa shape index (κ2) is 6.84. The van der Waals surface area contributed by atoms with Gasteiger partial charge in [0.15, 0.2) is 0 Å². The first kappa shape index (κ1) is 14.4. The van der Waals surface area contributed by atoms with E-state index < -0.39 is 36.0 Å². The van der Waals surface area contributed by atoms with Gasteiger partial charge in [-0.2, -0.15) is 5.26 Å². The van der Waals surface area contributed by atoms with E-state index in [0.29, 0.717) is 0 Å². The predicted molar refractivity (Wildman–Crippen MR) is 54.6 cm³/mol. The fourth-order valence-corrected chi connectivity index (χ4v) is 0.679. The zero-order chi connectivity index (χ0) is 13.4. The molecule has 8 heteroatoms. The Bertz CT molecular complexity index is 396. The Hall–Kier alpha value is -2.56. The molecule has 0 aliphatic heterocycles. The van der Waals surface area contributed by atoms with Crippen molar-refractivity contribution in [1.82, 2.24) is 10.6 Å². The van der Waals surface area contributed by atoms with Gasteiger partial charge in [0.05, 0.1) is 0 Å². The van der Waals surface area contributed by atoms with Crippen LogP contribution in [0.15, 0.2) is 11.8 Å². The summed E-state index contributed by atoms with van der Waals surface area (Å²) in [4.78, 5) is 31.8. The smallest absolute Gasteiger partial charge is 0.325 e. The third-order valence-electron chi connectivity index (χ3n) is 1.61. The number of amides is 1. The SMILES string of the molecule is CC(N/C=C(/C#N)C(=O)NCC(=O)O)C(=O)O. The zero-order valence-electron chi connectivity index (χ0n) is 8.93. The third-order valence-corrected chi connectivity index (χ3v) is 1.61. The molecule has 0 aromatic carbocycles. The van der Waals surface area contributed by atoms with Gasteiger partial charge in [-0.3, -0.25) is 14.4 Å². The fraction of sp³-hybridized carbons (Fsp3) is 0.333. The van der Waals surface area contributed by atoms with Crippen LogP contribution in [-0.2, 0) is 14.4 Å². The Morgan fingerprint density at radius 1 is 1.41 bits per heavy atom. The van der Waals surface area contributed by atoms with E-state index in [2.05, 4.69) is 5.32 Å². The molecule has 0 aliphatic rings. The summed E-state index contributed by atoms with van der Waals surface area (Å²) in [5.74, 6) is -3.29. The van der Waals surface area contributed by atoms with Crippen LogP contribution in [0.2, 0.25) is 0 Å². The maximum Gasteiger partial charge on any atom is 0.325 e. The zero-order valence-corrected chi connectivity index (χ0v) is 8.93. The fourth-order valence-electron chi connectivity index (χ4n) is 0.679. The van der Waals surface area contributed by atoms with E-state index >= 15 is 0 Å². The van der Waals surface area contributed by atoms with Crippen molar-refractivity contribution < 1.29 is 24.6 Å². The molecule has 92 valence electrons. The third kappa shape index (κ3) is 5.78. The molecule has 0 aromatic heterocycles. The molecule has 0 aromatic rings. The van der Waals surface area contributed by atoms with E-state index in [1.54, 1.807) is 0 Å². The van der Waals surface area contributed by atoms with Gasteiger partial charge in [-0.1, -0.05) is 0 Å². The minimum atomic E-state index is -1.25. The topological polar surface area (TPSA) is 140 Å². The highest BCUT2D eigenvalue weighted by Gasteiger charge is 2.12. The summed E-state index contributed by atoms with van der Waals surface area (Å²) >= 11 is 0. The summed E-state index contributed by atoms with van der Waals surface area (Å²) in [5, 5.41) is 29.7. The van der Waals surface area contributed by atoms with Crippen molar-refractivity contribution >= 4 is 17.8 Å². The summed E-state index contributed by atoms with van der Waals surface area (Å²) in [6.45, 7) is 0.704. The highest BCUT2D eigenvalue weighted by molar-refractivity contribution is 5.98. The van der Waals surface area contributed by atoms with Crippen molar-refractivity contribution in [3.8, 4) is 6.07 Å². The summed E-state index contributed by atoms with van der Waals surface area (Å²) in [7, 11) is 0. The van der Waals surface area contributed by atoms with Gasteiger partial charge < -0.3 is 20.8 Å². The molecule has 0 radical (unpaired) electrons. The molecule has 0 saturated heterocycles. The van der Waals surface area contributed by atoms with Crippen LogP contribution >= 0.6 is 0 Å². The van der Waals surface area contributed by atoms with Gasteiger partial charge in [0, 0.05) is 6.20 Å². The highest BCUT2D eigenvalue weighted by atomic mass is 16.4. The van der Waals surface area contributed by atoms with Crippen LogP contribution in [0.5, 0.6) is 0 Å². The average Bonchev–Trinajstić information content (AvgIpc) is 2.26. The number of carbonyl (C=O) groups excluding carboxylic acids is 1. The van der Waals surface area contributed by atoms with Crippen LogP contribution in [0.4, 0.5) is 0 Å². The van der Waals surface area contributed by atoms with Crippen molar-refractivity contribution in [3.63, 3.8) is 0 Å². The Labute approximate surface area is 96.5 Å². The van der Waals surface area contributed by atoms with Gasteiger partial charge in [-0.15, -0.1) is 0 Å². The van der Waals surface area contributed by atoms with Crippen molar-refractivity contribution in [3.05, 3.63) is 11.8 Å². The number of carboxylic acid groups (broad SMARTS) is 2. The second-order valence-electron chi connectivity index (χ2n) is 2.97. The molecule has 0 heterocycles. The van der Waals surface area contributed by atoms with E-state index in [1.807, 2.05) is 5.32 Å². The Morgan fingerprint density at radius 3 is 2.41 bits per heavy atom. The van der Waals surface area contributed by atoms with Gasteiger partial charge in [0.25, 0.3) is 5.91 Å². The van der Waals surface area contributed by atoms with Crippen LogP contribution in [0.25, 0.3) is 0 Å². The van der Waals surface area contributed by atoms with Gasteiger partial charge >= 0.3 is 11.9 Å². The minimum Gasteiger partial charge on any atom is -0.480 e. The van der Waals surface area contributed by atoms with Gasteiger partial charge in [0.1, 0.15) is 24.2 Å². The summed E-state index contributed by atoms with van der Waals surface area (Å²) in [6, 6.07) is 0.554. The summed E-state index contributed by atoms with van der Waals surface area (Å²) in [5.41, 5.74) is -0.403. The number of nitrogens with one attached hydrogen (secondary N) is 2. The number of rotatable bonds is 6. The van der Waals surface area contributed by atoms with Crippen LogP contribution < -0.4 is 10.6 Å². The molecule has 0 rings (SSSR count). The first-order valence-electron chi connectivity index (χ1n) is 4.47. The van der Waals surface area contributed by atoms with Gasteiger partial charge in [-0.05, 0) is 6.92 Å². The predicted octanol–water partition coefficient (Wildman–Crippen LogP) is -1.34. The maximum atomic E-state index is 11.2. The molecule has 0 bridgehead atoms. The second-order valence-corrected chi connectivity index (χ2v) is 2.97. The summed E-state index contributed by atoms with van der Waals surface area (Å²) < 4.78 is 0. The Balaban J connectivity index is 4.46. The quantitative estimate of drug-likeness (QED) is 0.333. The first-order valence-corrected chi connectivity index (χ1v) is 4.47. The van der Waals surface area contributed by atoms with Gasteiger partial charge in [0.2, 0.25) is 0 Å². The van der Waals surface area contributed by atoms with Crippen molar-refractivity contribution in [2.24, 2.45) is 0 Å². The molecule has 8 nitrogen and oxygen atoms in total. The molecule has 17 heavy (non-hydrogen) atoms. The number of hydrogen-bond acceptors (Lipinski definition) is 5. The number of carbonyl (C=O) groups is 3. The minimum absolute atomic E-state index is 0.403. The van der Waals surface area contributed by atoms with Crippen LogP contribution in [-0.4, -0.2) is 40.6 Å². The lowest BCUT2D eigenvalue weighted by molar-refractivity contribution is -0.139. The van der Waals surface area contributed by atoms with E-state index in [1.165, 1.54) is 13.0 Å². The molecule has 0 saturated carbocycles. The van der Waals surface area contributed by atoms with Crippen LogP contribution in [0.1, 0.15) is 6.92 Å². The maximum absolute atomic E-state index is 11.2. The van der Waals surface area contributed by atoms with Crippen molar-refractivity contribution in [1.29, 1.82) is 5.26 Å². The monoisotopic (exact) mass is 241 g/mol. The normalized spacial score (nSPS) is 12.1. The van der Waals surface area contributed by atoms with Crippen LogP contribution in [0, 0.1) is 11.3 Å². The average molecular weight is 241 g/mol. The highest BCUT2D eigenvalue weighted by Crippen LogP contribution is 1.91. The molecule has 1 unspecified atom stereocenters. The number of nitriles is 1. The number of carboxylic acids is 2. The lowest BCUT2D eigenvalue weighted by atomic mass is 10.3. The van der Waals surface area contributed by atoms with Crippen molar-refractivity contribution in [2.45, 2.75) is 13.0 Å². The molecule has 1 amide bonds. The molecule has 1 atom stereocenters. The van der Waals surface area contributed by atoms with Crippen LogP contribution in [0.3, 0.4) is 0 Å². The molecule has 0 fully saturated rings. The lowest BCUT2D eigenvalue weighted by Gasteiger charge is -2.06. The van der Waals surface area contributed by atoms with E-state index in [0.717, 1.165) is 6.20 Å². The van der Waals surface area contributed by atoms with E-state index in [-0.39, 0.29) is 0 Å². The van der Waals surface area contributed by atoms with E-state index in [9.17, 15) is 14.4 Å². The molecule has 0 aliphatic carbocycles. The number of aliphatic carboxylic acids is 2. The summed E-state index contributed by atoms with van der Waals surface area (Å²) in [6.07, 6.45) is 0.927. The molecular formula is C9H11N3O5. The van der Waals surface area contributed by atoms with Crippen molar-refractivity contribution in [2.75, 3.05) is 6.54 Å². The standard InChI is InChI=1S/C9H11N3O5/c1-5(9(16)17)11-3-6(2-10)8(15)12-4-7(13)14/h3,5,11H,4H2,1H3,(H,12,15)(H,13,14)(H,16,17)/b6-3-.